The Balaban J connectivity index is 1.73. The van der Waals surface area contributed by atoms with Crippen LogP contribution >= 0.6 is 0 Å². The molecule has 2 aromatic carbocycles. The molecule has 0 fully saturated rings. The fourth-order valence-corrected chi connectivity index (χ4v) is 3.53. The summed E-state index contributed by atoms with van der Waals surface area (Å²) in [6, 6.07) is 11.0. The first-order chi connectivity index (χ1) is 11.9. The van der Waals surface area contributed by atoms with Crippen LogP contribution in [0.4, 0.5) is 10.3 Å². The van der Waals surface area contributed by atoms with Crippen LogP contribution in [0.5, 0.6) is 0 Å². The first-order valence-electron chi connectivity index (χ1n) is 7.39. The zero-order valence-corrected chi connectivity index (χ0v) is 14.0. The van der Waals surface area contributed by atoms with E-state index in [9.17, 15) is 17.6 Å². The third kappa shape index (κ3) is 3.67. The average molecular weight is 362 g/mol. The number of aromatic nitrogens is 2. The van der Waals surface area contributed by atoms with Gasteiger partial charge in [-0.05, 0) is 31.2 Å². The van der Waals surface area contributed by atoms with E-state index in [2.05, 4.69) is 20.0 Å². The number of nitrogens with zero attached hydrogens (tertiary/aromatic N) is 1. The number of amides is 1. The molecule has 3 N–H and O–H groups in total. The summed E-state index contributed by atoms with van der Waals surface area (Å²) < 4.78 is 40.2. The van der Waals surface area contributed by atoms with Gasteiger partial charge in [0.25, 0.3) is 0 Å². The van der Waals surface area contributed by atoms with Crippen LogP contribution < -0.4 is 10.0 Å². The van der Waals surface area contributed by atoms with Crippen molar-refractivity contribution < 1.29 is 17.6 Å². The number of sulfonamides is 1. The van der Waals surface area contributed by atoms with Crippen molar-refractivity contribution in [1.29, 1.82) is 0 Å². The van der Waals surface area contributed by atoms with Gasteiger partial charge in [-0.3, -0.25) is 10.1 Å². The molecule has 7 nitrogen and oxygen atoms in total. The summed E-state index contributed by atoms with van der Waals surface area (Å²) in [5, 5.41) is 2.49. The van der Waals surface area contributed by atoms with Gasteiger partial charge in [0.15, 0.2) is 0 Å². The lowest BCUT2D eigenvalue weighted by Crippen LogP contribution is -2.41. The van der Waals surface area contributed by atoms with Crippen molar-refractivity contribution in [2.24, 2.45) is 0 Å². The van der Waals surface area contributed by atoms with Gasteiger partial charge in [0.05, 0.1) is 17.1 Å². The number of hydrogen-bond acceptors (Lipinski definition) is 4. The van der Waals surface area contributed by atoms with E-state index in [1.165, 1.54) is 19.1 Å². The summed E-state index contributed by atoms with van der Waals surface area (Å²) in [5.74, 6) is -1.32. The van der Waals surface area contributed by atoms with E-state index in [4.69, 9.17) is 0 Å². The minimum absolute atomic E-state index is 0.197. The lowest BCUT2D eigenvalue weighted by atomic mass is 10.3. The Morgan fingerprint density at radius 1 is 1.16 bits per heavy atom. The quantitative estimate of drug-likeness (QED) is 0.646. The highest BCUT2D eigenvalue weighted by Crippen LogP contribution is 2.15. The summed E-state index contributed by atoms with van der Waals surface area (Å²) in [4.78, 5) is 18.8. The smallest absolute Gasteiger partial charge is 0.244 e. The van der Waals surface area contributed by atoms with Crippen molar-refractivity contribution in [2.45, 2.75) is 17.9 Å². The second kappa shape index (κ2) is 6.61. The number of para-hydroxylation sites is 2. The maximum atomic E-state index is 13.7. The Kier molecular flexibility index (Phi) is 4.51. The predicted octanol–water partition coefficient (Wildman–Crippen LogP) is 2.01. The fraction of sp³-hybridized carbons (Fsp3) is 0.125. The number of fused-ring (bicyclic) bond motifs is 1. The third-order valence-corrected chi connectivity index (χ3v) is 5.06. The molecule has 25 heavy (non-hydrogen) atoms. The van der Waals surface area contributed by atoms with Gasteiger partial charge in [0.1, 0.15) is 10.7 Å². The number of imidazole rings is 1. The summed E-state index contributed by atoms with van der Waals surface area (Å²) in [6.07, 6.45) is 0. The lowest BCUT2D eigenvalue weighted by Gasteiger charge is -2.13. The van der Waals surface area contributed by atoms with E-state index in [0.29, 0.717) is 5.52 Å². The highest BCUT2D eigenvalue weighted by atomic mass is 32.2. The van der Waals surface area contributed by atoms with Crippen LogP contribution in [0.2, 0.25) is 0 Å². The number of carbonyl (C=O) groups excluding carboxylic acids is 1. The number of aromatic amines is 1. The van der Waals surface area contributed by atoms with E-state index in [1.807, 2.05) is 6.07 Å². The molecule has 0 aliphatic rings. The molecule has 0 spiro atoms. The number of rotatable bonds is 5. The number of nitrogens with one attached hydrogen (secondary N) is 3. The average Bonchev–Trinajstić information content (AvgIpc) is 2.96. The summed E-state index contributed by atoms with van der Waals surface area (Å²) in [7, 11) is -4.17. The predicted molar refractivity (Wildman–Crippen MR) is 90.9 cm³/mol. The van der Waals surface area contributed by atoms with Crippen molar-refractivity contribution in [3.63, 3.8) is 0 Å². The number of anilines is 1. The van der Waals surface area contributed by atoms with Crippen LogP contribution in [0.25, 0.3) is 11.0 Å². The molecule has 3 rings (SSSR count). The van der Waals surface area contributed by atoms with Gasteiger partial charge in [0, 0.05) is 0 Å². The van der Waals surface area contributed by atoms with Gasteiger partial charge in [-0.2, -0.15) is 4.72 Å². The van der Waals surface area contributed by atoms with Crippen molar-refractivity contribution in [2.75, 3.05) is 5.32 Å². The maximum absolute atomic E-state index is 13.7. The van der Waals surface area contributed by atoms with Crippen LogP contribution in [0.1, 0.15) is 6.92 Å². The first kappa shape index (κ1) is 17.1. The van der Waals surface area contributed by atoms with Gasteiger partial charge in [-0.1, -0.05) is 24.3 Å². The zero-order valence-electron chi connectivity index (χ0n) is 13.2. The molecule has 130 valence electrons. The van der Waals surface area contributed by atoms with E-state index >= 15 is 0 Å². The van der Waals surface area contributed by atoms with Crippen LogP contribution in [-0.2, 0) is 14.8 Å². The molecule has 9 heteroatoms. The van der Waals surface area contributed by atoms with Crippen LogP contribution in [0, 0.1) is 5.82 Å². The molecule has 1 amide bonds. The molecule has 3 aromatic rings. The summed E-state index contributed by atoms with van der Waals surface area (Å²) in [5.41, 5.74) is 1.40. The monoisotopic (exact) mass is 362 g/mol. The summed E-state index contributed by atoms with van der Waals surface area (Å²) >= 11 is 0. The second-order valence-corrected chi connectivity index (χ2v) is 7.05. The van der Waals surface area contributed by atoms with Crippen molar-refractivity contribution in [3.8, 4) is 0 Å². The molecular weight excluding hydrogens is 347 g/mol. The summed E-state index contributed by atoms with van der Waals surface area (Å²) in [6.45, 7) is 1.36. The van der Waals surface area contributed by atoms with E-state index in [-0.39, 0.29) is 5.95 Å². The number of H-pyrrole nitrogens is 1. The van der Waals surface area contributed by atoms with Gasteiger partial charge in [-0.15, -0.1) is 0 Å². The van der Waals surface area contributed by atoms with Gasteiger partial charge >= 0.3 is 0 Å². The minimum Gasteiger partial charge on any atom is -0.324 e. The number of carbonyl (C=O) groups is 1. The second-order valence-electron chi connectivity index (χ2n) is 5.37. The number of benzene rings is 2. The molecule has 0 unspecified atom stereocenters. The van der Waals surface area contributed by atoms with Crippen molar-refractivity contribution >= 4 is 32.9 Å². The largest absolute Gasteiger partial charge is 0.324 e. The van der Waals surface area contributed by atoms with Crippen molar-refractivity contribution in [3.05, 3.63) is 54.3 Å². The van der Waals surface area contributed by atoms with Gasteiger partial charge < -0.3 is 4.98 Å². The highest BCUT2D eigenvalue weighted by molar-refractivity contribution is 7.89. The zero-order chi connectivity index (χ0) is 18.0. The van der Waals surface area contributed by atoms with Crippen LogP contribution in [0.15, 0.2) is 53.4 Å². The third-order valence-electron chi connectivity index (χ3n) is 3.48. The molecule has 0 bridgehead atoms. The minimum atomic E-state index is -4.17. The fourth-order valence-electron chi connectivity index (χ4n) is 2.25. The molecular formula is C16H15FN4O3S. The molecule has 0 radical (unpaired) electrons. The van der Waals surface area contributed by atoms with Gasteiger partial charge in [0.2, 0.25) is 21.9 Å². The topological polar surface area (TPSA) is 104 Å². The molecule has 0 saturated carbocycles. The molecule has 1 aromatic heterocycles. The standard InChI is InChI=1S/C16H15FN4O3S/c1-10(21-25(23,24)14-9-5-2-6-11(14)17)15(22)20-16-18-12-7-3-4-8-13(12)19-16/h2-10,21H,1H3,(H2,18,19,20,22)/t10-/m0/s1. The molecule has 0 aliphatic heterocycles. The van der Waals surface area contributed by atoms with Crippen molar-refractivity contribution in [1.82, 2.24) is 14.7 Å². The Morgan fingerprint density at radius 2 is 1.84 bits per heavy atom. The van der Waals surface area contributed by atoms with Crippen LogP contribution in [-0.4, -0.2) is 30.3 Å². The normalized spacial score (nSPS) is 12.9. The molecule has 1 heterocycles. The Bertz CT molecular complexity index is 1000. The Hall–Kier alpha value is -2.78. The first-order valence-corrected chi connectivity index (χ1v) is 8.87. The number of halogens is 1. The molecule has 0 saturated heterocycles. The molecule has 0 aliphatic carbocycles. The Labute approximate surface area is 143 Å². The van der Waals surface area contributed by atoms with Crippen LogP contribution in [0.3, 0.4) is 0 Å². The molecule has 1 atom stereocenters. The highest BCUT2D eigenvalue weighted by Gasteiger charge is 2.24. The van der Waals surface area contributed by atoms with E-state index in [0.717, 1.165) is 17.6 Å². The maximum Gasteiger partial charge on any atom is 0.244 e. The Morgan fingerprint density at radius 3 is 2.56 bits per heavy atom. The SMILES string of the molecule is C[C@H](NS(=O)(=O)c1ccccc1F)C(=O)Nc1nc2ccccc2[nH]1. The number of hydrogen-bond donors (Lipinski definition) is 3. The lowest BCUT2D eigenvalue weighted by molar-refractivity contribution is -0.117. The van der Waals surface area contributed by atoms with E-state index in [1.54, 1.807) is 18.2 Å². The van der Waals surface area contributed by atoms with E-state index < -0.39 is 32.7 Å². The van der Waals surface area contributed by atoms with Gasteiger partial charge in [-0.25, -0.2) is 17.8 Å².